The molecule has 2 fully saturated rings. The third-order valence-corrected chi connectivity index (χ3v) is 9.59. The first-order chi connectivity index (χ1) is 19.8. The standard InChI is InChI=1S/C16H19F3O5S.C15H20O3/c1-15(2)8-4-5-12(15)11-9-10(14(20)23-3)6-7-13(11)24-25(21,22)16(17,18)19;1-15(2)8-4-5-12(15)11-9-10(14(17)18-3)6-7-13(11)16/h6-7,9,12H,4-5,8H2,1-3H3;6-7,9,12,16H,4-5,8H2,1-3H3/t2*12-/m00/s1. The molecule has 0 spiro atoms. The average Bonchev–Trinajstić information content (AvgIpc) is 3.47. The van der Waals surface area contributed by atoms with Crippen LogP contribution in [0.5, 0.6) is 11.5 Å². The Morgan fingerprint density at radius 1 is 0.814 bits per heavy atom. The van der Waals surface area contributed by atoms with E-state index in [1.807, 2.05) is 13.8 Å². The first kappa shape index (κ1) is 34.2. The number of carbonyl (C=O) groups is 2. The minimum atomic E-state index is -5.79. The topological polar surface area (TPSA) is 116 Å². The van der Waals surface area contributed by atoms with E-state index < -0.39 is 27.3 Å². The average molecular weight is 629 g/mol. The zero-order valence-corrected chi connectivity index (χ0v) is 26.0. The zero-order valence-electron chi connectivity index (χ0n) is 25.2. The molecule has 2 aliphatic rings. The lowest BCUT2D eigenvalue weighted by Crippen LogP contribution is -2.29. The molecule has 0 radical (unpaired) electrons. The molecular formula is C31H39F3O8S. The van der Waals surface area contributed by atoms with Crippen molar-refractivity contribution in [2.75, 3.05) is 14.2 Å². The number of aromatic hydroxyl groups is 1. The summed E-state index contributed by atoms with van der Waals surface area (Å²) in [4.78, 5) is 23.3. The fourth-order valence-electron chi connectivity index (χ4n) is 6.19. The summed E-state index contributed by atoms with van der Waals surface area (Å²) in [6.07, 6.45) is 5.70. The summed E-state index contributed by atoms with van der Waals surface area (Å²) >= 11 is 0. The Morgan fingerprint density at radius 3 is 1.67 bits per heavy atom. The normalized spacial score (nSPS) is 21.0. The third kappa shape index (κ3) is 7.63. The second-order valence-electron chi connectivity index (χ2n) is 12.4. The molecule has 2 aromatic rings. The van der Waals surface area contributed by atoms with Gasteiger partial charge in [-0.25, -0.2) is 9.59 Å². The van der Waals surface area contributed by atoms with Crippen molar-refractivity contribution in [3.05, 3.63) is 58.7 Å². The SMILES string of the molecule is COC(=O)c1ccc(O)c([C@@H]2CCCC2(C)C)c1.COC(=O)c1ccc(OS(=O)(=O)C(F)(F)F)c([C@@H]2CCCC2(C)C)c1. The van der Waals surface area contributed by atoms with E-state index in [4.69, 9.17) is 4.74 Å². The second kappa shape index (κ2) is 12.8. The van der Waals surface area contributed by atoms with Crippen LogP contribution in [-0.2, 0) is 19.6 Å². The number of esters is 2. The van der Waals surface area contributed by atoms with Gasteiger partial charge < -0.3 is 18.8 Å². The first-order valence-electron chi connectivity index (χ1n) is 14.0. The molecule has 0 heterocycles. The van der Waals surface area contributed by atoms with Gasteiger partial charge in [0.15, 0.2) is 0 Å². The van der Waals surface area contributed by atoms with E-state index in [0.29, 0.717) is 17.9 Å². The third-order valence-electron chi connectivity index (χ3n) is 8.63. The van der Waals surface area contributed by atoms with E-state index in [9.17, 15) is 36.3 Å². The summed E-state index contributed by atoms with van der Waals surface area (Å²) in [6, 6.07) is 8.57. The Balaban J connectivity index is 0.000000248. The highest BCUT2D eigenvalue weighted by atomic mass is 32.2. The van der Waals surface area contributed by atoms with Crippen molar-refractivity contribution in [2.24, 2.45) is 10.8 Å². The molecule has 0 amide bonds. The molecule has 1 N–H and O–H groups in total. The van der Waals surface area contributed by atoms with Gasteiger partial charge in [0.05, 0.1) is 25.3 Å². The maximum absolute atomic E-state index is 12.7. The smallest absolute Gasteiger partial charge is 0.508 e. The summed E-state index contributed by atoms with van der Waals surface area (Å²) in [5, 5.41) is 10.0. The predicted octanol–water partition coefficient (Wildman–Crippen LogP) is 7.47. The van der Waals surface area contributed by atoms with E-state index in [2.05, 4.69) is 22.8 Å². The van der Waals surface area contributed by atoms with Crippen molar-refractivity contribution in [1.29, 1.82) is 0 Å². The molecule has 12 heteroatoms. The lowest BCUT2D eigenvalue weighted by atomic mass is 9.77. The van der Waals surface area contributed by atoms with Gasteiger partial charge in [0.25, 0.3) is 0 Å². The van der Waals surface area contributed by atoms with Crippen LogP contribution < -0.4 is 4.18 Å². The maximum atomic E-state index is 12.7. The fourth-order valence-corrected chi connectivity index (χ4v) is 6.67. The Kier molecular flexibility index (Phi) is 10.1. The van der Waals surface area contributed by atoms with Crippen LogP contribution in [0.2, 0.25) is 0 Å². The fraction of sp³-hybridized carbons (Fsp3) is 0.548. The summed E-state index contributed by atoms with van der Waals surface area (Å²) < 4.78 is 74.5. The molecular weight excluding hydrogens is 589 g/mol. The van der Waals surface area contributed by atoms with Gasteiger partial charge in [-0.05, 0) is 90.3 Å². The summed E-state index contributed by atoms with van der Waals surface area (Å²) in [6.45, 7) is 8.32. The molecule has 2 aromatic carbocycles. The minimum absolute atomic E-state index is 0.122. The monoisotopic (exact) mass is 628 g/mol. The molecule has 8 nitrogen and oxygen atoms in total. The van der Waals surface area contributed by atoms with Crippen molar-refractivity contribution in [3.8, 4) is 11.5 Å². The number of benzene rings is 2. The number of phenols is 1. The van der Waals surface area contributed by atoms with Crippen LogP contribution in [-0.4, -0.2) is 45.2 Å². The Labute approximate surface area is 250 Å². The first-order valence-corrected chi connectivity index (χ1v) is 15.4. The lowest BCUT2D eigenvalue weighted by molar-refractivity contribution is -0.0500. The van der Waals surface area contributed by atoms with E-state index in [1.165, 1.54) is 32.8 Å². The number of rotatable bonds is 6. The highest BCUT2D eigenvalue weighted by Crippen LogP contribution is 2.52. The molecule has 43 heavy (non-hydrogen) atoms. The van der Waals surface area contributed by atoms with Crippen LogP contribution in [0.3, 0.4) is 0 Å². The number of halogens is 3. The van der Waals surface area contributed by atoms with Crippen molar-refractivity contribution in [2.45, 2.75) is 83.6 Å². The van der Waals surface area contributed by atoms with Gasteiger partial charge in [-0.3, -0.25) is 0 Å². The summed E-state index contributed by atoms with van der Waals surface area (Å²) in [5.74, 6) is -1.08. The molecule has 0 aliphatic heterocycles. The molecule has 2 atom stereocenters. The van der Waals surface area contributed by atoms with Crippen LogP contribution in [0.15, 0.2) is 36.4 Å². The van der Waals surface area contributed by atoms with Crippen LogP contribution in [0, 0.1) is 10.8 Å². The molecule has 238 valence electrons. The minimum Gasteiger partial charge on any atom is -0.508 e. The van der Waals surface area contributed by atoms with Crippen molar-refractivity contribution in [1.82, 2.24) is 0 Å². The summed E-state index contributed by atoms with van der Waals surface area (Å²) in [5.41, 5.74) is -3.86. The number of phenolic OH excluding ortho intramolecular Hbond substituents is 1. The molecule has 4 rings (SSSR count). The van der Waals surface area contributed by atoms with E-state index in [1.54, 1.807) is 18.2 Å². The number of ether oxygens (including phenoxy) is 2. The van der Waals surface area contributed by atoms with Gasteiger partial charge >= 0.3 is 27.6 Å². The number of alkyl halides is 3. The number of methoxy groups -OCH3 is 2. The van der Waals surface area contributed by atoms with Gasteiger partial charge in [-0.2, -0.15) is 21.6 Å². The quantitative estimate of drug-likeness (QED) is 0.199. The van der Waals surface area contributed by atoms with E-state index in [-0.39, 0.29) is 39.6 Å². The highest BCUT2D eigenvalue weighted by molar-refractivity contribution is 7.88. The van der Waals surface area contributed by atoms with Gasteiger partial charge in [0.1, 0.15) is 11.5 Å². The van der Waals surface area contributed by atoms with Crippen molar-refractivity contribution < 1.29 is 49.9 Å². The van der Waals surface area contributed by atoms with Gasteiger partial charge in [-0.1, -0.05) is 40.5 Å². The Morgan fingerprint density at radius 2 is 1.26 bits per heavy atom. The number of hydrogen-bond acceptors (Lipinski definition) is 8. The zero-order chi connectivity index (χ0) is 32.4. The van der Waals surface area contributed by atoms with Crippen LogP contribution in [0.25, 0.3) is 0 Å². The Bertz CT molecular complexity index is 1450. The maximum Gasteiger partial charge on any atom is 0.534 e. The lowest BCUT2D eigenvalue weighted by Gasteiger charge is -2.29. The summed E-state index contributed by atoms with van der Waals surface area (Å²) in [7, 11) is -3.24. The number of carbonyl (C=O) groups excluding carboxylic acids is 2. The van der Waals surface area contributed by atoms with E-state index in [0.717, 1.165) is 37.3 Å². The van der Waals surface area contributed by atoms with Crippen LogP contribution >= 0.6 is 0 Å². The second-order valence-corrected chi connectivity index (χ2v) is 13.9. The van der Waals surface area contributed by atoms with Crippen LogP contribution in [0.4, 0.5) is 13.2 Å². The highest BCUT2D eigenvalue weighted by Gasteiger charge is 2.49. The van der Waals surface area contributed by atoms with Gasteiger partial charge in [0.2, 0.25) is 0 Å². The van der Waals surface area contributed by atoms with E-state index >= 15 is 0 Å². The molecule has 0 aromatic heterocycles. The predicted molar refractivity (Wildman–Crippen MR) is 154 cm³/mol. The molecule has 2 saturated carbocycles. The van der Waals surface area contributed by atoms with Crippen LogP contribution in [0.1, 0.15) is 110 Å². The molecule has 0 unspecified atom stereocenters. The molecule has 0 bridgehead atoms. The molecule has 2 aliphatic carbocycles. The number of hydrogen-bond donors (Lipinski definition) is 1. The van der Waals surface area contributed by atoms with Gasteiger partial charge in [0, 0.05) is 5.56 Å². The van der Waals surface area contributed by atoms with Gasteiger partial charge in [-0.15, -0.1) is 0 Å². The van der Waals surface area contributed by atoms with Crippen molar-refractivity contribution >= 4 is 22.1 Å². The van der Waals surface area contributed by atoms with Crippen molar-refractivity contribution in [3.63, 3.8) is 0 Å². The largest absolute Gasteiger partial charge is 0.534 e. The molecule has 0 saturated heterocycles. The Hall–Kier alpha value is -3.28.